The van der Waals surface area contributed by atoms with Gasteiger partial charge in [0.15, 0.2) is 0 Å². The van der Waals surface area contributed by atoms with E-state index in [-0.39, 0.29) is 11.3 Å². The van der Waals surface area contributed by atoms with Crippen molar-refractivity contribution in [1.29, 1.82) is 0 Å². The van der Waals surface area contributed by atoms with Crippen LogP contribution in [0.15, 0.2) is 30.6 Å². The fraction of sp³-hybridized carbons (Fsp3) is 0.250. The summed E-state index contributed by atoms with van der Waals surface area (Å²) in [4.78, 5) is 32.0. The predicted molar refractivity (Wildman–Crippen MR) is 91.6 cm³/mol. The molecule has 0 spiro atoms. The molecular formula is C16H17ClN4O3. The summed E-state index contributed by atoms with van der Waals surface area (Å²) in [6.07, 6.45) is 3.81. The van der Waals surface area contributed by atoms with Gasteiger partial charge in [-0.15, -0.1) is 0 Å². The van der Waals surface area contributed by atoms with E-state index in [9.17, 15) is 9.59 Å². The number of hydrogen-bond acceptors (Lipinski definition) is 6. The number of carbonyl (C=O) groups excluding carboxylic acids is 2. The third-order valence-electron chi connectivity index (χ3n) is 3.08. The largest absolute Gasteiger partial charge is 0.465 e. The zero-order valence-corrected chi connectivity index (χ0v) is 14.1. The molecule has 0 atom stereocenters. The van der Waals surface area contributed by atoms with Crippen LogP contribution in [0.4, 0.5) is 11.5 Å². The highest BCUT2D eigenvalue weighted by Crippen LogP contribution is 2.24. The van der Waals surface area contributed by atoms with E-state index >= 15 is 0 Å². The Labute approximate surface area is 144 Å². The summed E-state index contributed by atoms with van der Waals surface area (Å²) in [5.74, 6) is -0.402. The molecular weight excluding hydrogens is 332 g/mol. The van der Waals surface area contributed by atoms with E-state index in [1.165, 1.54) is 37.7 Å². The van der Waals surface area contributed by atoms with Gasteiger partial charge in [0.1, 0.15) is 11.5 Å². The zero-order valence-electron chi connectivity index (χ0n) is 13.3. The van der Waals surface area contributed by atoms with Crippen molar-refractivity contribution < 1.29 is 14.3 Å². The second-order valence-electron chi connectivity index (χ2n) is 4.85. The average molecular weight is 349 g/mol. The van der Waals surface area contributed by atoms with Crippen LogP contribution < -0.4 is 10.6 Å². The number of methoxy groups -OCH3 is 1. The van der Waals surface area contributed by atoms with Gasteiger partial charge >= 0.3 is 5.97 Å². The number of aromatic nitrogens is 2. The molecule has 126 valence electrons. The molecule has 0 fully saturated rings. The quantitative estimate of drug-likeness (QED) is 0.779. The van der Waals surface area contributed by atoms with Gasteiger partial charge in [-0.05, 0) is 24.6 Å². The maximum absolute atomic E-state index is 12.2. The minimum atomic E-state index is -0.520. The lowest BCUT2D eigenvalue weighted by Crippen LogP contribution is -2.15. The Hall–Kier alpha value is -2.67. The van der Waals surface area contributed by atoms with Crippen LogP contribution in [0.2, 0.25) is 5.02 Å². The van der Waals surface area contributed by atoms with E-state index in [2.05, 4.69) is 25.3 Å². The second-order valence-corrected chi connectivity index (χ2v) is 5.26. The van der Waals surface area contributed by atoms with Crippen LogP contribution >= 0.6 is 11.6 Å². The molecule has 1 heterocycles. The van der Waals surface area contributed by atoms with Crippen LogP contribution in [0.3, 0.4) is 0 Å². The fourth-order valence-electron chi connectivity index (χ4n) is 1.84. The lowest BCUT2D eigenvalue weighted by atomic mass is 10.2. The van der Waals surface area contributed by atoms with Crippen LogP contribution in [-0.4, -0.2) is 35.5 Å². The summed E-state index contributed by atoms with van der Waals surface area (Å²) < 4.78 is 4.64. The van der Waals surface area contributed by atoms with Gasteiger partial charge in [0.2, 0.25) is 0 Å². The first-order valence-electron chi connectivity index (χ1n) is 7.30. The van der Waals surface area contributed by atoms with E-state index < -0.39 is 11.9 Å². The van der Waals surface area contributed by atoms with Crippen molar-refractivity contribution in [2.45, 2.75) is 13.3 Å². The molecule has 2 aromatic rings. The van der Waals surface area contributed by atoms with Gasteiger partial charge in [0, 0.05) is 6.54 Å². The first-order valence-corrected chi connectivity index (χ1v) is 7.68. The van der Waals surface area contributed by atoms with Gasteiger partial charge in [-0.3, -0.25) is 4.79 Å². The van der Waals surface area contributed by atoms with Crippen molar-refractivity contribution in [3.05, 3.63) is 46.9 Å². The smallest absolute Gasteiger partial charge is 0.337 e. The number of ether oxygens (including phenoxy) is 1. The van der Waals surface area contributed by atoms with Crippen LogP contribution in [0.5, 0.6) is 0 Å². The summed E-state index contributed by atoms with van der Waals surface area (Å²) in [6.45, 7) is 2.81. The molecule has 0 aliphatic heterocycles. The molecule has 0 aliphatic rings. The summed E-state index contributed by atoms with van der Waals surface area (Å²) in [6, 6.07) is 4.46. The topological polar surface area (TPSA) is 93.2 Å². The standard InChI is InChI=1S/C16H17ClN4O3/c1-3-6-18-14-9-19-13(8-20-14)15(22)21-12-7-10(16(23)24-2)4-5-11(12)17/h4-5,7-9H,3,6H2,1-2H3,(H,18,20)(H,21,22). The number of nitrogens with zero attached hydrogens (tertiary/aromatic N) is 2. The Morgan fingerprint density at radius 2 is 2.04 bits per heavy atom. The Morgan fingerprint density at radius 3 is 2.67 bits per heavy atom. The maximum Gasteiger partial charge on any atom is 0.337 e. The minimum absolute atomic E-state index is 0.136. The Kier molecular flexibility index (Phi) is 6.08. The van der Waals surface area contributed by atoms with Crippen LogP contribution in [0.1, 0.15) is 34.2 Å². The van der Waals surface area contributed by atoms with Gasteiger partial charge in [0.05, 0.1) is 35.8 Å². The molecule has 8 heteroatoms. The molecule has 7 nitrogen and oxygen atoms in total. The lowest BCUT2D eigenvalue weighted by Gasteiger charge is -2.09. The monoisotopic (exact) mass is 348 g/mol. The van der Waals surface area contributed by atoms with Gasteiger partial charge in [-0.2, -0.15) is 0 Å². The molecule has 0 aliphatic carbocycles. The number of hydrogen-bond donors (Lipinski definition) is 2. The average Bonchev–Trinajstić information content (AvgIpc) is 2.61. The maximum atomic E-state index is 12.2. The Morgan fingerprint density at radius 1 is 1.25 bits per heavy atom. The number of benzene rings is 1. The van der Waals surface area contributed by atoms with Crippen molar-refractivity contribution in [2.24, 2.45) is 0 Å². The van der Waals surface area contributed by atoms with Gasteiger partial charge < -0.3 is 15.4 Å². The highest BCUT2D eigenvalue weighted by molar-refractivity contribution is 6.34. The molecule has 24 heavy (non-hydrogen) atoms. The zero-order chi connectivity index (χ0) is 17.5. The second kappa shape index (κ2) is 8.26. The van der Waals surface area contributed by atoms with E-state index in [0.717, 1.165) is 13.0 Å². The molecule has 1 amide bonds. The van der Waals surface area contributed by atoms with Crippen molar-refractivity contribution in [1.82, 2.24) is 9.97 Å². The predicted octanol–water partition coefficient (Wildman–Crippen LogP) is 2.99. The van der Waals surface area contributed by atoms with Crippen LogP contribution in [0.25, 0.3) is 0 Å². The lowest BCUT2D eigenvalue weighted by molar-refractivity contribution is 0.0600. The molecule has 0 saturated carbocycles. The highest BCUT2D eigenvalue weighted by Gasteiger charge is 2.13. The molecule has 0 radical (unpaired) electrons. The van der Waals surface area contributed by atoms with Crippen molar-refractivity contribution in [3.8, 4) is 0 Å². The normalized spacial score (nSPS) is 10.1. The number of nitrogens with one attached hydrogen (secondary N) is 2. The third kappa shape index (κ3) is 4.42. The van der Waals surface area contributed by atoms with E-state index in [1.54, 1.807) is 0 Å². The first-order chi connectivity index (χ1) is 11.5. The van der Waals surface area contributed by atoms with E-state index in [0.29, 0.717) is 16.5 Å². The van der Waals surface area contributed by atoms with Crippen molar-refractivity contribution >= 4 is 35.0 Å². The number of amides is 1. The SMILES string of the molecule is CCCNc1cnc(C(=O)Nc2cc(C(=O)OC)ccc2Cl)cn1. The Bertz CT molecular complexity index is 735. The fourth-order valence-corrected chi connectivity index (χ4v) is 2.01. The van der Waals surface area contributed by atoms with Crippen LogP contribution in [0, 0.1) is 0 Å². The number of rotatable bonds is 6. The first kappa shape index (κ1) is 17.7. The number of anilines is 2. The van der Waals surface area contributed by atoms with Gasteiger partial charge in [-0.1, -0.05) is 18.5 Å². The van der Waals surface area contributed by atoms with Gasteiger partial charge in [0.25, 0.3) is 5.91 Å². The molecule has 2 N–H and O–H groups in total. The Balaban J connectivity index is 2.13. The van der Waals surface area contributed by atoms with Crippen LogP contribution in [-0.2, 0) is 4.74 Å². The summed E-state index contributed by atoms with van der Waals surface area (Å²) in [5, 5.41) is 5.97. The van der Waals surface area contributed by atoms with Crippen molar-refractivity contribution in [3.63, 3.8) is 0 Å². The molecule has 0 saturated heterocycles. The summed E-state index contributed by atoms with van der Waals surface area (Å²) in [7, 11) is 1.28. The summed E-state index contributed by atoms with van der Waals surface area (Å²) >= 11 is 6.05. The van der Waals surface area contributed by atoms with E-state index in [1.807, 2.05) is 6.92 Å². The summed E-state index contributed by atoms with van der Waals surface area (Å²) in [5.41, 5.74) is 0.707. The number of esters is 1. The minimum Gasteiger partial charge on any atom is -0.465 e. The number of carbonyl (C=O) groups is 2. The molecule has 0 bridgehead atoms. The highest BCUT2D eigenvalue weighted by atomic mass is 35.5. The number of halogens is 1. The molecule has 0 unspecified atom stereocenters. The molecule has 2 rings (SSSR count). The van der Waals surface area contributed by atoms with Gasteiger partial charge in [-0.25, -0.2) is 14.8 Å². The molecule has 1 aromatic carbocycles. The molecule has 1 aromatic heterocycles. The van der Waals surface area contributed by atoms with Crippen molar-refractivity contribution in [2.75, 3.05) is 24.3 Å². The third-order valence-corrected chi connectivity index (χ3v) is 3.41. The van der Waals surface area contributed by atoms with E-state index in [4.69, 9.17) is 11.6 Å².